The minimum absolute atomic E-state index is 0.331. The monoisotopic (exact) mass is 212 g/mol. The van der Waals surface area contributed by atoms with Gasteiger partial charge in [-0.1, -0.05) is 26.2 Å². The van der Waals surface area contributed by atoms with Gasteiger partial charge in [-0.25, -0.2) is 0 Å². The molecule has 0 saturated heterocycles. The van der Waals surface area contributed by atoms with Crippen molar-refractivity contribution in [1.82, 2.24) is 4.90 Å². The average Bonchev–Trinajstić information content (AvgIpc) is 2.19. The Morgan fingerprint density at radius 3 is 2.27 bits per heavy atom. The van der Waals surface area contributed by atoms with Crippen molar-refractivity contribution in [3.8, 4) is 0 Å². The molecule has 2 N–H and O–H groups in total. The number of hydrogen-bond acceptors (Lipinski definition) is 2. The Labute approximate surface area is 95.2 Å². The van der Waals surface area contributed by atoms with Gasteiger partial charge in [-0.15, -0.1) is 0 Å². The molecule has 90 valence electrons. The van der Waals surface area contributed by atoms with E-state index in [1.165, 1.54) is 38.6 Å². The molecule has 1 aliphatic rings. The van der Waals surface area contributed by atoms with Crippen LogP contribution in [0.4, 0.5) is 0 Å². The van der Waals surface area contributed by atoms with E-state index >= 15 is 0 Å². The Hall–Kier alpha value is -0.0800. The Bertz CT molecular complexity index is 162. The minimum Gasteiger partial charge on any atom is -0.328 e. The van der Waals surface area contributed by atoms with Crippen molar-refractivity contribution in [2.24, 2.45) is 5.73 Å². The molecule has 0 aromatic rings. The van der Waals surface area contributed by atoms with Gasteiger partial charge in [0.1, 0.15) is 0 Å². The van der Waals surface area contributed by atoms with Crippen molar-refractivity contribution >= 4 is 0 Å². The van der Waals surface area contributed by atoms with E-state index in [2.05, 4.69) is 25.7 Å². The summed E-state index contributed by atoms with van der Waals surface area (Å²) in [6.07, 6.45) is 8.21. The van der Waals surface area contributed by atoms with Crippen LogP contribution in [0.1, 0.15) is 59.3 Å². The molecule has 2 nitrogen and oxygen atoms in total. The predicted octanol–water partition coefficient (Wildman–Crippen LogP) is 2.77. The summed E-state index contributed by atoms with van der Waals surface area (Å²) in [5.74, 6) is 0. The van der Waals surface area contributed by atoms with E-state index in [0.717, 1.165) is 12.5 Å². The van der Waals surface area contributed by atoms with E-state index in [9.17, 15) is 0 Å². The van der Waals surface area contributed by atoms with Crippen LogP contribution in [0.5, 0.6) is 0 Å². The van der Waals surface area contributed by atoms with E-state index in [1.807, 2.05) is 0 Å². The normalized spacial score (nSPS) is 23.0. The van der Waals surface area contributed by atoms with Crippen molar-refractivity contribution in [3.63, 3.8) is 0 Å². The van der Waals surface area contributed by atoms with E-state index in [4.69, 9.17) is 5.73 Å². The van der Waals surface area contributed by atoms with Gasteiger partial charge in [0.15, 0.2) is 0 Å². The highest BCUT2D eigenvalue weighted by molar-refractivity contribution is 4.80. The molecule has 2 unspecified atom stereocenters. The molecule has 1 aliphatic carbocycles. The zero-order chi connectivity index (χ0) is 11.3. The highest BCUT2D eigenvalue weighted by atomic mass is 15.2. The van der Waals surface area contributed by atoms with Gasteiger partial charge in [0.2, 0.25) is 0 Å². The largest absolute Gasteiger partial charge is 0.328 e. The SMILES string of the molecule is CCN(C(C)CC(C)N)C1CCCCC1. The molecule has 0 radical (unpaired) electrons. The quantitative estimate of drug-likeness (QED) is 0.759. The molecule has 0 aliphatic heterocycles. The second kappa shape index (κ2) is 6.49. The number of nitrogens with zero attached hydrogens (tertiary/aromatic N) is 1. The standard InChI is InChI=1S/C13H28N2/c1-4-15(12(3)10-11(2)14)13-8-6-5-7-9-13/h11-13H,4-10,14H2,1-3H3. The summed E-state index contributed by atoms with van der Waals surface area (Å²) in [5.41, 5.74) is 5.89. The number of rotatable bonds is 5. The van der Waals surface area contributed by atoms with Gasteiger partial charge >= 0.3 is 0 Å². The Morgan fingerprint density at radius 1 is 1.20 bits per heavy atom. The van der Waals surface area contributed by atoms with Crippen LogP contribution in [0.3, 0.4) is 0 Å². The van der Waals surface area contributed by atoms with Crippen LogP contribution < -0.4 is 5.73 Å². The Morgan fingerprint density at radius 2 is 1.80 bits per heavy atom. The van der Waals surface area contributed by atoms with Crippen LogP contribution in [0.25, 0.3) is 0 Å². The first-order valence-electron chi connectivity index (χ1n) is 6.66. The zero-order valence-electron chi connectivity index (χ0n) is 10.7. The van der Waals surface area contributed by atoms with Crippen LogP contribution in [-0.4, -0.2) is 29.6 Å². The van der Waals surface area contributed by atoms with Crippen LogP contribution >= 0.6 is 0 Å². The van der Waals surface area contributed by atoms with Crippen LogP contribution in [0.15, 0.2) is 0 Å². The molecule has 2 heteroatoms. The second-order valence-corrected chi connectivity index (χ2v) is 5.18. The van der Waals surface area contributed by atoms with Gasteiger partial charge in [-0.3, -0.25) is 4.90 Å². The van der Waals surface area contributed by atoms with Gasteiger partial charge in [-0.05, 0) is 39.7 Å². The molecule has 1 saturated carbocycles. The Balaban J connectivity index is 2.45. The van der Waals surface area contributed by atoms with Crippen molar-refractivity contribution in [1.29, 1.82) is 0 Å². The van der Waals surface area contributed by atoms with Crippen LogP contribution in [-0.2, 0) is 0 Å². The molecule has 0 amide bonds. The van der Waals surface area contributed by atoms with Crippen molar-refractivity contribution in [3.05, 3.63) is 0 Å². The van der Waals surface area contributed by atoms with Gasteiger partial charge in [-0.2, -0.15) is 0 Å². The number of nitrogens with two attached hydrogens (primary N) is 1. The molecule has 0 bridgehead atoms. The maximum atomic E-state index is 5.89. The molecule has 2 atom stereocenters. The van der Waals surface area contributed by atoms with E-state index in [-0.39, 0.29) is 0 Å². The van der Waals surface area contributed by atoms with Crippen molar-refractivity contribution < 1.29 is 0 Å². The van der Waals surface area contributed by atoms with Gasteiger partial charge < -0.3 is 5.73 Å². The maximum Gasteiger partial charge on any atom is 0.00979 e. The summed E-state index contributed by atoms with van der Waals surface area (Å²) in [6, 6.07) is 1.81. The van der Waals surface area contributed by atoms with E-state index < -0.39 is 0 Å². The lowest BCUT2D eigenvalue weighted by molar-refractivity contribution is 0.111. The fourth-order valence-electron chi connectivity index (χ4n) is 3.02. The van der Waals surface area contributed by atoms with Gasteiger partial charge in [0, 0.05) is 18.1 Å². The summed E-state index contributed by atoms with van der Waals surface area (Å²) in [6.45, 7) is 7.91. The lowest BCUT2D eigenvalue weighted by atomic mass is 9.92. The van der Waals surface area contributed by atoms with Crippen molar-refractivity contribution in [2.75, 3.05) is 6.54 Å². The smallest absolute Gasteiger partial charge is 0.00979 e. The minimum atomic E-state index is 0.331. The average molecular weight is 212 g/mol. The lowest BCUT2D eigenvalue weighted by Gasteiger charge is -2.38. The fraction of sp³-hybridized carbons (Fsp3) is 1.00. The molecule has 15 heavy (non-hydrogen) atoms. The summed E-state index contributed by atoms with van der Waals surface area (Å²) >= 11 is 0. The molecule has 0 spiro atoms. The van der Waals surface area contributed by atoms with Crippen molar-refractivity contribution in [2.45, 2.75) is 77.4 Å². The molecule has 1 rings (SSSR count). The first kappa shape index (κ1) is 13.0. The topological polar surface area (TPSA) is 29.3 Å². The molecule has 0 aromatic heterocycles. The third-order valence-electron chi connectivity index (χ3n) is 3.69. The summed E-state index contributed by atoms with van der Waals surface area (Å²) in [5, 5.41) is 0. The van der Waals surface area contributed by atoms with E-state index in [0.29, 0.717) is 12.1 Å². The van der Waals surface area contributed by atoms with E-state index in [1.54, 1.807) is 0 Å². The third-order valence-corrected chi connectivity index (χ3v) is 3.69. The maximum absolute atomic E-state index is 5.89. The predicted molar refractivity (Wildman–Crippen MR) is 67.0 cm³/mol. The fourth-order valence-corrected chi connectivity index (χ4v) is 3.02. The van der Waals surface area contributed by atoms with Crippen LogP contribution in [0, 0.1) is 0 Å². The third kappa shape index (κ3) is 4.12. The summed E-state index contributed by atoms with van der Waals surface area (Å²) < 4.78 is 0. The number of hydrogen-bond donors (Lipinski definition) is 1. The first-order chi connectivity index (χ1) is 7.15. The molecular formula is C13H28N2. The highest BCUT2D eigenvalue weighted by Gasteiger charge is 2.24. The molecule has 0 heterocycles. The Kier molecular flexibility index (Phi) is 5.62. The van der Waals surface area contributed by atoms with Crippen LogP contribution in [0.2, 0.25) is 0 Å². The molecule has 0 aromatic carbocycles. The van der Waals surface area contributed by atoms with Gasteiger partial charge in [0.25, 0.3) is 0 Å². The molecule has 1 fully saturated rings. The highest BCUT2D eigenvalue weighted by Crippen LogP contribution is 2.24. The molecular weight excluding hydrogens is 184 g/mol. The summed E-state index contributed by atoms with van der Waals surface area (Å²) in [4.78, 5) is 2.67. The zero-order valence-corrected chi connectivity index (χ0v) is 10.7. The first-order valence-corrected chi connectivity index (χ1v) is 6.66. The lowest BCUT2D eigenvalue weighted by Crippen LogP contribution is -2.44. The second-order valence-electron chi connectivity index (χ2n) is 5.18. The summed E-state index contributed by atoms with van der Waals surface area (Å²) in [7, 11) is 0. The van der Waals surface area contributed by atoms with Gasteiger partial charge in [0.05, 0.1) is 0 Å².